The molecule has 0 fully saturated rings. The lowest BCUT2D eigenvalue weighted by Gasteiger charge is -2.28. The van der Waals surface area contributed by atoms with E-state index in [4.69, 9.17) is 4.74 Å². The molecule has 0 aromatic heterocycles. The molecule has 6 heteroatoms. The van der Waals surface area contributed by atoms with Crippen LogP contribution < -0.4 is 15.5 Å². The second-order valence-corrected chi connectivity index (χ2v) is 6.55. The smallest absolute Gasteiger partial charge is 0.338 e. The van der Waals surface area contributed by atoms with E-state index in [1.807, 2.05) is 57.1 Å². The van der Waals surface area contributed by atoms with Gasteiger partial charge in [0.15, 0.2) is 0 Å². The van der Waals surface area contributed by atoms with Crippen molar-refractivity contribution in [2.24, 2.45) is 5.92 Å². The Kier molecular flexibility index (Phi) is 5.49. The maximum absolute atomic E-state index is 12.5. The predicted molar refractivity (Wildman–Crippen MR) is 93.7 cm³/mol. The van der Waals surface area contributed by atoms with Gasteiger partial charge in [-0.15, -0.1) is 0 Å². The Morgan fingerprint density at radius 3 is 2.42 bits per heavy atom. The molecule has 0 spiro atoms. The third-order valence-electron chi connectivity index (χ3n) is 3.78. The van der Waals surface area contributed by atoms with Crippen LogP contribution in [0, 0.1) is 5.92 Å². The Morgan fingerprint density at radius 2 is 1.88 bits per heavy atom. The Balaban J connectivity index is 2.32. The first-order chi connectivity index (χ1) is 11.3. The van der Waals surface area contributed by atoms with Crippen molar-refractivity contribution in [1.29, 1.82) is 0 Å². The molecular formula is C18H25N3O3. The molecule has 1 unspecified atom stereocenters. The molecule has 0 saturated carbocycles. The number of hydrogen-bond donors (Lipinski definition) is 2. The number of esters is 1. The number of ether oxygens (including phenoxy) is 1. The number of nitrogens with zero attached hydrogens (tertiary/aromatic N) is 1. The second-order valence-electron chi connectivity index (χ2n) is 6.55. The molecule has 24 heavy (non-hydrogen) atoms. The average molecular weight is 331 g/mol. The summed E-state index contributed by atoms with van der Waals surface area (Å²) in [5.41, 5.74) is 2.84. The summed E-state index contributed by atoms with van der Waals surface area (Å²) < 4.78 is 5.37. The lowest BCUT2D eigenvalue weighted by Crippen LogP contribution is -2.45. The van der Waals surface area contributed by atoms with Gasteiger partial charge in [-0.3, -0.25) is 0 Å². The van der Waals surface area contributed by atoms with E-state index in [1.54, 1.807) is 6.92 Å². The fraction of sp³-hybridized carbons (Fsp3) is 0.444. The van der Waals surface area contributed by atoms with Gasteiger partial charge in [0, 0.05) is 25.5 Å². The van der Waals surface area contributed by atoms with Gasteiger partial charge in [0.25, 0.3) is 0 Å². The molecule has 0 radical (unpaired) electrons. The molecule has 6 nitrogen and oxygen atoms in total. The maximum Gasteiger partial charge on any atom is 0.338 e. The van der Waals surface area contributed by atoms with Gasteiger partial charge < -0.3 is 20.3 Å². The summed E-state index contributed by atoms with van der Waals surface area (Å²) in [5, 5.41) is 5.46. The quantitative estimate of drug-likeness (QED) is 0.814. The van der Waals surface area contributed by atoms with Crippen LogP contribution in [0.2, 0.25) is 0 Å². The zero-order valence-corrected chi connectivity index (χ0v) is 14.8. The summed E-state index contributed by atoms with van der Waals surface area (Å²) in [5.74, 6) is -0.158. The Bertz CT molecular complexity index is 648. The van der Waals surface area contributed by atoms with Gasteiger partial charge in [-0.1, -0.05) is 26.0 Å². The summed E-state index contributed by atoms with van der Waals surface area (Å²) in [6, 6.07) is 6.89. The minimum atomic E-state index is -0.519. The summed E-state index contributed by atoms with van der Waals surface area (Å²) in [6.07, 6.45) is 0. The maximum atomic E-state index is 12.5. The highest BCUT2D eigenvalue weighted by atomic mass is 16.5. The molecule has 2 amide bonds. The van der Waals surface area contributed by atoms with Gasteiger partial charge in [0.05, 0.1) is 18.2 Å². The zero-order chi connectivity index (χ0) is 17.9. The summed E-state index contributed by atoms with van der Waals surface area (Å²) in [6.45, 7) is 6.02. The number of carbonyl (C=O) groups excluding carboxylic acids is 2. The van der Waals surface area contributed by atoms with Crippen LogP contribution in [-0.2, 0) is 9.53 Å². The highest BCUT2D eigenvalue weighted by Crippen LogP contribution is 2.28. The highest BCUT2D eigenvalue weighted by Gasteiger charge is 2.32. The minimum Gasteiger partial charge on any atom is -0.462 e. The number of nitrogens with one attached hydrogen (secondary N) is 2. The van der Waals surface area contributed by atoms with Gasteiger partial charge in [0.1, 0.15) is 0 Å². The number of rotatable bonds is 5. The van der Waals surface area contributed by atoms with Gasteiger partial charge >= 0.3 is 12.0 Å². The molecule has 1 aliphatic rings. The first-order valence-corrected chi connectivity index (χ1v) is 8.02. The van der Waals surface area contributed by atoms with Gasteiger partial charge in [-0.2, -0.15) is 0 Å². The lowest BCUT2D eigenvalue weighted by atomic mass is 9.95. The fourth-order valence-electron chi connectivity index (χ4n) is 2.50. The van der Waals surface area contributed by atoms with Crippen molar-refractivity contribution in [3.63, 3.8) is 0 Å². The van der Waals surface area contributed by atoms with Gasteiger partial charge in [-0.25, -0.2) is 9.59 Å². The molecule has 1 atom stereocenters. The van der Waals surface area contributed by atoms with Crippen LogP contribution >= 0.6 is 0 Å². The normalized spacial score (nSPS) is 17.4. The molecule has 0 saturated heterocycles. The van der Waals surface area contributed by atoms with Crippen molar-refractivity contribution >= 4 is 17.7 Å². The van der Waals surface area contributed by atoms with Crippen LogP contribution in [-0.4, -0.2) is 32.7 Å². The molecular weight excluding hydrogens is 306 g/mol. The third-order valence-corrected chi connectivity index (χ3v) is 3.78. The average Bonchev–Trinajstić information content (AvgIpc) is 2.52. The Hall–Kier alpha value is -2.50. The van der Waals surface area contributed by atoms with Crippen LogP contribution in [0.25, 0.3) is 0 Å². The fourth-order valence-corrected chi connectivity index (χ4v) is 2.50. The largest absolute Gasteiger partial charge is 0.462 e. The minimum absolute atomic E-state index is 0.249. The van der Waals surface area contributed by atoms with Crippen LogP contribution in [0.4, 0.5) is 10.5 Å². The zero-order valence-electron chi connectivity index (χ0n) is 14.8. The SMILES string of the molecule is CC1=C(C(=O)OCC(C)C)C(c2ccc(N(C)C)cc2)NC(=O)N1. The van der Waals surface area contributed by atoms with Crippen molar-refractivity contribution in [1.82, 2.24) is 10.6 Å². The van der Waals surface area contributed by atoms with E-state index in [0.29, 0.717) is 17.9 Å². The monoisotopic (exact) mass is 331 g/mol. The van der Waals surface area contributed by atoms with E-state index >= 15 is 0 Å². The van der Waals surface area contributed by atoms with E-state index in [9.17, 15) is 9.59 Å². The predicted octanol–water partition coefficient (Wildman–Crippen LogP) is 2.58. The van der Waals surface area contributed by atoms with Gasteiger partial charge in [0.2, 0.25) is 0 Å². The first-order valence-electron chi connectivity index (χ1n) is 8.02. The number of benzene rings is 1. The van der Waals surface area contributed by atoms with E-state index < -0.39 is 12.0 Å². The molecule has 0 aliphatic carbocycles. The van der Waals surface area contributed by atoms with Crippen molar-refractivity contribution < 1.29 is 14.3 Å². The van der Waals surface area contributed by atoms with Crippen molar-refractivity contribution in [2.75, 3.05) is 25.6 Å². The molecule has 1 aliphatic heterocycles. The molecule has 1 heterocycles. The number of anilines is 1. The molecule has 2 N–H and O–H groups in total. The number of amides is 2. The van der Waals surface area contributed by atoms with Gasteiger partial charge in [-0.05, 0) is 30.5 Å². The standard InChI is InChI=1S/C18H25N3O3/c1-11(2)10-24-17(22)15-12(3)19-18(23)20-16(15)13-6-8-14(9-7-13)21(4)5/h6-9,11,16H,10H2,1-5H3,(H2,19,20,23). The number of urea groups is 1. The van der Waals surface area contributed by atoms with E-state index in [1.165, 1.54) is 0 Å². The van der Waals surface area contributed by atoms with E-state index in [-0.39, 0.29) is 11.9 Å². The molecule has 1 aromatic carbocycles. The molecule has 130 valence electrons. The topological polar surface area (TPSA) is 70.7 Å². The highest BCUT2D eigenvalue weighted by molar-refractivity contribution is 5.95. The second kappa shape index (κ2) is 7.38. The first kappa shape index (κ1) is 17.8. The van der Waals surface area contributed by atoms with Crippen LogP contribution in [0.5, 0.6) is 0 Å². The number of carbonyl (C=O) groups is 2. The summed E-state index contributed by atoms with van der Waals surface area (Å²) in [7, 11) is 3.92. The number of allylic oxidation sites excluding steroid dienone is 1. The molecule has 1 aromatic rings. The van der Waals surface area contributed by atoms with Crippen molar-refractivity contribution in [2.45, 2.75) is 26.8 Å². The summed E-state index contributed by atoms with van der Waals surface area (Å²) in [4.78, 5) is 26.3. The number of hydrogen-bond acceptors (Lipinski definition) is 4. The molecule has 2 rings (SSSR count). The van der Waals surface area contributed by atoms with E-state index in [2.05, 4.69) is 10.6 Å². The van der Waals surface area contributed by atoms with Crippen LogP contribution in [0.1, 0.15) is 32.4 Å². The Morgan fingerprint density at radius 1 is 1.25 bits per heavy atom. The Labute approximate surface area is 142 Å². The van der Waals surface area contributed by atoms with Crippen LogP contribution in [0.3, 0.4) is 0 Å². The van der Waals surface area contributed by atoms with Crippen molar-refractivity contribution in [3.05, 3.63) is 41.1 Å². The lowest BCUT2D eigenvalue weighted by molar-refractivity contribution is -0.140. The van der Waals surface area contributed by atoms with Crippen LogP contribution in [0.15, 0.2) is 35.5 Å². The molecule has 0 bridgehead atoms. The third kappa shape index (κ3) is 4.07. The van der Waals surface area contributed by atoms with E-state index in [0.717, 1.165) is 11.3 Å². The van der Waals surface area contributed by atoms with Crippen molar-refractivity contribution in [3.8, 4) is 0 Å². The summed E-state index contributed by atoms with van der Waals surface area (Å²) >= 11 is 0.